The van der Waals surface area contributed by atoms with Gasteiger partial charge in [0.15, 0.2) is 0 Å². The highest BCUT2D eigenvalue weighted by atomic mass is 32.2. The molecule has 0 spiro atoms. The van der Waals surface area contributed by atoms with Crippen molar-refractivity contribution in [3.05, 3.63) is 105 Å². The van der Waals surface area contributed by atoms with Crippen LogP contribution in [0.1, 0.15) is 43.2 Å². The molecule has 2 bridgehead atoms. The average molecular weight is 575 g/mol. The summed E-state index contributed by atoms with van der Waals surface area (Å²) in [5.41, 5.74) is 3.17. The molecular weight excluding hydrogens is 549 g/mol. The first kappa shape index (κ1) is 23.5. The van der Waals surface area contributed by atoms with Gasteiger partial charge in [-0.3, -0.25) is 0 Å². The third-order valence-corrected chi connectivity index (χ3v) is 14.6. The summed E-state index contributed by atoms with van der Waals surface area (Å²) in [7, 11) is 0. The van der Waals surface area contributed by atoms with Crippen molar-refractivity contribution in [2.24, 2.45) is 11.8 Å². The standard InChI is InChI=1S/C35H26S4/c1-18(2)27-11-21-7-8-26(27)29-13-25-17-33-32(16-24(25)12-28(21)29)38-35(39-33)34-36-30-14-22-9-19-5-3-4-6-20(19)10-23(22)15-31(30)37-34/h3-10,12-18,21,26-27H,11H2,1-2H3. The van der Waals surface area contributed by atoms with Crippen LogP contribution in [0.5, 0.6) is 0 Å². The molecule has 3 atom stereocenters. The van der Waals surface area contributed by atoms with E-state index in [4.69, 9.17) is 0 Å². The number of hydrogen-bond acceptors (Lipinski definition) is 4. The van der Waals surface area contributed by atoms with Crippen molar-refractivity contribution in [2.75, 3.05) is 0 Å². The van der Waals surface area contributed by atoms with Gasteiger partial charge in [0.05, 0.1) is 8.47 Å². The number of hydrogen-bond donors (Lipinski definition) is 0. The van der Waals surface area contributed by atoms with Gasteiger partial charge >= 0.3 is 0 Å². The van der Waals surface area contributed by atoms with Crippen molar-refractivity contribution >= 4 is 79.4 Å². The summed E-state index contributed by atoms with van der Waals surface area (Å²) in [5.74, 6) is 2.68. The van der Waals surface area contributed by atoms with E-state index in [1.54, 1.807) is 11.1 Å². The topological polar surface area (TPSA) is 0 Å². The van der Waals surface area contributed by atoms with Crippen LogP contribution in [-0.4, -0.2) is 0 Å². The maximum Gasteiger partial charge on any atom is 0.0706 e. The second kappa shape index (κ2) is 8.63. The number of thioether (sulfide) groups is 4. The van der Waals surface area contributed by atoms with E-state index in [1.165, 1.54) is 66.8 Å². The lowest BCUT2D eigenvalue weighted by molar-refractivity contribution is 0.287. The quantitative estimate of drug-likeness (QED) is 0.144. The Hall–Kier alpha value is -2.24. The Labute approximate surface area is 246 Å². The lowest BCUT2D eigenvalue weighted by Crippen LogP contribution is -2.29. The van der Waals surface area contributed by atoms with Crippen molar-refractivity contribution in [3.63, 3.8) is 0 Å². The highest BCUT2D eigenvalue weighted by Crippen LogP contribution is 2.62. The fourth-order valence-corrected chi connectivity index (χ4v) is 12.4. The van der Waals surface area contributed by atoms with Gasteiger partial charge in [0.25, 0.3) is 0 Å². The summed E-state index contributed by atoms with van der Waals surface area (Å²) in [5, 5.41) is 8.11. The molecule has 0 amide bonds. The molecule has 0 fully saturated rings. The van der Waals surface area contributed by atoms with Gasteiger partial charge in [-0.05, 0) is 98.1 Å². The zero-order valence-electron chi connectivity index (χ0n) is 21.7. The molecule has 5 aromatic carbocycles. The van der Waals surface area contributed by atoms with Crippen LogP contribution in [0.4, 0.5) is 0 Å². The van der Waals surface area contributed by atoms with Gasteiger partial charge in [-0.2, -0.15) is 0 Å². The van der Waals surface area contributed by atoms with E-state index in [2.05, 4.69) is 98.8 Å². The van der Waals surface area contributed by atoms with Crippen LogP contribution in [0, 0.1) is 11.8 Å². The van der Waals surface area contributed by atoms with E-state index < -0.39 is 0 Å². The summed E-state index contributed by atoms with van der Waals surface area (Å²) in [6.07, 6.45) is 6.30. The van der Waals surface area contributed by atoms with Crippen molar-refractivity contribution < 1.29 is 0 Å². The maximum absolute atomic E-state index is 2.53. The Bertz CT molecular complexity index is 1880. The molecule has 190 valence electrons. The molecule has 0 N–H and O–H groups in total. The van der Waals surface area contributed by atoms with Crippen LogP contribution >= 0.6 is 47.0 Å². The molecule has 3 aliphatic carbocycles. The van der Waals surface area contributed by atoms with Gasteiger partial charge in [-0.25, -0.2) is 0 Å². The normalized spacial score (nSPS) is 22.9. The van der Waals surface area contributed by atoms with Crippen molar-refractivity contribution in [3.8, 4) is 0 Å². The molecule has 0 saturated carbocycles. The van der Waals surface area contributed by atoms with Crippen LogP contribution < -0.4 is 0 Å². The molecule has 10 rings (SSSR count). The molecule has 39 heavy (non-hydrogen) atoms. The number of fused-ring (bicyclic) bond motifs is 6. The Morgan fingerprint density at radius 1 is 0.564 bits per heavy atom. The van der Waals surface area contributed by atoms with Gasteiger partial charge in [-0.15, -0.1) is 0 Å². The molecule has 3 unspecified atom stereocenters. The summed E-state index contributed by atoms with van der Waals surface area (Å²) >= 11 is 7.85. The fraction of sp³-hybridized carbons (Fsp3) is 0.200. The predicted molar refractivity (Wildman–Crippen MR) is 173 cm³/mol. The van der Waals surface area contributed by atoms with Crippen LogP contribution in [0.15, 0.2) is 113 Å². The van der Waals surface area contributed by atoms with Crippen molar-refractivity contribution in [1.82, 2.24) is 0 Å². The summed E-state index contributed by atoms with van der Waals surface area (Å²) < 4.78 is 2.87. The third-order valence-electron chi connectivity index (χ3n) is 9.00. The van der Waals surface area contributed by atoms with E-state index in [0.717, 1.165) is 11.8 Å². The summed E-state index contributed by atoms with van der Waals surface area (Å²) in [4.78, 5) is 5.62. The van der Waals surface area contributed by atoms with Crippen LogP contribution in [0.2, 0.25) is 0 Å². The molecule has 0 radical (unpaired) electrons. The first-order valence-electron chi connectivity index (χ1n) is 13.8. The minimum Gasteiger partial charge on any atom is -0.0804 e. The van der Waals surface area contributed by atoms with Gasteiger partial charge in [0, 0.05) is 31.4 Å². The number of benzene rings is 5. The summed E-state index contributed by atoms with van der Waals surface area (Å²) in [6, 6.07) is 28.1. The van der Waals surface area contributed by atoms with E-state index in [0.29, 0.717) is 11.8 Å². The molecule has 0 aromatic heterocycles. The lowest BCUT2D eigenvalue weighted by Gasteiger charge is -2.42. The third kappa shape index (κ3) is 3.64. The first-order chi connectivity index (χ1) is 19.1. The molecular formula is C35H26S4. The molecule has 0 saturated heterocycles. The fourth-order valence-electron chi connectivity index (χ4n) is 7.00. The largest absolute Gasteiger partial charge is 0.0804 e. The lowest BCUT2D eigenvalue weighted by atomic mass is 9.62. The summed E-state index contributed by atoms with van der Waals surface area (Å²) in [6.45, 7) is 4.80. The van der Waals surface area contributed by atoms with E-state index >= 15 is 0 Å². The smallest absolute Gasteiger partial charge is 0.0706 e. The van der Waals surface area contributed by atoms with Gasteiger partial charge in [0.1, 0.15) is 0 Å². The van der Waals surface area contributed by atoms with Gasteiger partial charge in [-0.1, -0.05) is 109 Å². The van der Waals surface area contributed by atoms with E-state index in [-0.39, 0.29) is 0 Å². The van der Waals surface area contributed by atoms with Crippen LogP contribution in [0.3, 0.4) is 0 Å². The van der Waals surface area contributed by atoms with Crippen LogP contribution in [0.25, 0.3) is 32.3 Å². The zero-order valence-corrected chi connectivity index (χ0v) is 25.0. The molecule has 5 aliphatic rings. The van der Waals surface area contributed by atoms with E-state index in [9.17, 15) is 0 Å². The molecule has 2 heterocycles. The Kier molecular flexibility index (Phi) is 5.19. The molecule has 0 nitrogen and oxygen atoms in total. The SMILES string of the molecule is CC(C)C1CC2C=CC1c1cc3cc4c(cc3cc12)SC(=C1Sc2cc3cc5ccccc5cc3cc2S1)S4. The maximum atomic E-state index is 2.53. The second-order valence-corrected chi connectivity index (χ2v) is 16.3. The van der Waals surface area contributed by atoms with Crippen molar-refractivity contribution in [2.45, 2.75) is 51.7 Å². The minimum absolute atomic E-state index is 0.584. The predicted octanol–water partition coefficient (Wildman–Crippen LogP) is 11.8. The average Bonchev–Trinajstić information content (AvgIpc) is 3.56. The van der Waals surface area contributed by atoms with Crippen molar-refractivity contribution in [1.29, 1.82) is 0 Å². The van der Waals surface area contributed by atoms with E-state index in [1.807, 2.05) is 47.0 Å². The Morgan fingerprint density at radius 2 is 1.05 bits per heavy atom. The van der Waals surface area contributed by atoms with Gasteiger partial charge < -0.3 is 0 Å². The molecule has 5 aromatic rings. The molecule has 2 aliphatic heterocycles. The highest BCUT2D eigenvalue weighted by Gasteiger charge is 2.38. The minimum atomic E-state index is 0.584. The first-order valence-corrected chi connectivity index (χ1v) is 17.1. The van der Waals surface area contributed by atoms with Gasteiger partial charge in [0.2, 0.25) is 0 Å². The molecule has 4 heteroatoms. The highest BCUT2D eigenvalue weighted by molar-refractivity contribution is 8.30. The second-order valence-electron chi connectivity index (χ2n) is 11.6. The zero-order chi connectivity index (χ0) is 25.8. The Balaban J connectivity index is 1.07. The number of rotatable bonds is 1. The number of allylic oxidation sites excluding steroid dienone is 2. The van der Waals surface area contributed by atoms with Crippen LogP contribution in [-0.2, 0) is 0 Å². The monoisotopic (exact) mass is 574 g/mol. The Morgan fingerprint density at radius 3 is 1.56 bits per heavy atom.